The highest BCUT2D eigenvalue weighted by Gasteiger charge is 2.43. The SMILES string of the molecule is COc1cccc(CC(=O)N2C3CCC2CC(Oc2cccnc2)C3)c1. The molecule has 2 saturated heterocycles. The molecule has 2 unspecified atom stereocenters. The molecule has 2 aliphatic rings. The van der Waals surface area contributed by atoms with E-state index in [1.165, 1.54) is 0 Å². The van der Waals surface area contributed by atoms with E-state index >= 15 is 0 Å². The molecular weight excluding hydrogens is 328 g/mol. The van der Waals surface area contributed by atoms with E-state index in [0.29, 0.717) is 6.42 Å². The lowest BCUT2D eigenvalue weighted by Crippen LogP contribution is -2.49. The van der Waals surface area contributed by atoms with Crippen LogP contribution in [0.15, 0.2) is 48.8 Å². The monoisotopic (exact) mass is 352 g/mol. The van der Waals surface area contributed by atoms with Gasteiger partial charge in [-0.3, -0.25) is 9.78 Å². The molecule has 2 fully saturated rings. The molecule has 0 aliphatic carbocycles. The third-order valence-corrected chi connectivity index (χ3v) is 5.40. The second-order valence-electron chi connectivity index (χ2n) is 7.11. The molecule has 1 amide bonds. The average molecular weight is 352 g/mol. The van der Waals surface area contributed by atoms with Crippen molar-refractivity contribution < 1.29 is 14.3 Å². The maximum Gasteiger partial charge on any atom is 0.227 e. The quantitative estimate of drug-likeness (QED) is 0.829. The number of pyridine rings is 1. The summed E-state index contributed by atoms with van der Waals surface area (Å²) in [6.07, 6.45) is 8.03. The highest BCUT2D eigenvalue weighted by Crippen LogP contribution is 2.37. The minimum atomic E-state index is 0.164. The zero-order valence-electron chi connectivity index (χ0n) is 15.0. The van der Waals surface area contributed by atoms with Gasteiger partial charge < -0.3 is 14.4 Å². The number of ether oxygens (including phenoxy) is 2. The number of hydrogen-bond acceptors (Lipinski definition) is 4. The predicted octanol–water partition coefficient (Wildman–Crippen LogP) is 3.23. The van der Waals surface area contributed by atoms with E-state index in [9.17, 15) is 4.79 Å². The Morgan fingerprint density at radius 2 is 1.92 bits per heavy atom. The number of rotatable bonds is 5. The van der Waals surface area contributed by atoms with Crippen molar-refractivity contribution in [1.82, 2.24) is 9.88 Å². The summed E-state index contributed by atoms with van der Waals surface area (Å²) < 4.78 is 11.4. The smallest absolute Gasteiger partial charge is 0.227 e. The van der Waals surface area contributed by atoms with E-state index in [1.807, 2.05) is 36.4 Å². The van der Waals surface area contributed by atoms with Gasteiger partial charge in [0.1, 0.15) is 17.6 Å². The van der Waals surface area contributed by atoms with Gasteiger partial charge in [0.25, 0.3) is 0 Å². The van der Waals surface area contributed by atoms with Gasteiger partial charge in [-0.15, -0.1) is 0 Å². The van der Waals surface area contributed by atoms with Crippen molar-refractivity contribution in [2.75, 3.05) is 7.11 Å². The minimum Gasteiger partial charge on any atom is -0.497 e. The molecule has 0 radical (unpaired) electrons. The van der Waals surface area contributed by atoms with E-state index in [4.69, 9.17) is 9.47 Å². The van der Waals surface area contributed by atoms with Gasteiger partial charge in [-0.05, 0) is 42.7 Å². The van der Waals surface area contributed by atoms with Gasteiger partial charge in [-0.2, -0.15) is 0 Å². The van der Waals surface area contributed by atoms with Gasteiger partial charge in [0, 0.05) is 31.1 Å². The maximum atomic E-state index is 12.9. The van der Waals surface area contributed by atoms with Crippen molar-refractivity contribution in [2.45, 2.75) is 50.3 Å². The first-order chi connectivity index (χ1) is 12.7. The first-order valence-electron chi connectivity index (χ1n) is 9.23. The predicted molar refractivity (Wildman–Crippen MR) is 98.2 cm³/mol. The molecule has 26 heavy (non-hydrogen) atoms. The highest BCUT2D eigenvalue weighted by atomic mass is 16.5. The molecule has 4 rings (SSSR count). The van der Waals surface area contributed by atoms with E-state index in [-0.39, 0.29) is 24.1 Å². The number of hydrogen-bond donors (Lipinski definition) is 0. The van der Waals surface area contributed by atoms with Crippen LogP contribution in [0.1, 0.15) is 31.2 Å². The topological polar surface area (TPSA) is 51.7 Å². The molecule has 2 aromatic rings. The number of amides is 1. The second-order valence-corrected chi connectivity index (χ2v) is 7.11. The lowest BCUT2D eigenvalue weighted by atomic mass is 9.98. The first-order valence-corrected chi connectivity index (χ1v) is 9.23. The standard InChI is InChI=1S/C21H24N2O3/c1-25-18-5-2-4-15(10-18)11-21(24)23-16-7-8-17(23)13-20(12-16)26-19-6-3-9-22-14-19/h2-6,9-10,14,16-17,20H,7-8,11-13H2,1H3. The van der Waals surface area contributed by atoms with Crippen LogP contribution in [0, 0.1) is 0 Å². The molecule has 1 aromatic carbocycles. The number of piperidine rings is 1. The molecule has 0 spiro atoms. The number of benzene rings is 1. The maximum absolute atomic E-state index is 12.9. The summed E-state index contributed by atoms with van der Waals surface area (Å²) in [6, 6.07) is 12.2. The van der Waals surface area contributed by atoms with Crippen molar-refractivity contribution >= 4 is 5.91 Å². The average Bonchev–Trinajstić information content (AvgIpc) is 2.94. The molecular formula is C21H24N2O3. The lowest BCUT2D eigenvalue weighted by molar-refractivity contribution is -0.136. The third-order valence-electron chi connectivity index (χ3n) is 5.40. The van der Waals surface area contributed by atoms with Crippen molar-refractivity contribution in [1.29, 1.82) is 0 Å². The van der Waals surface area contributed by atoms with Crippen LogP contribution in [0.3, 0.4) is 0 Å². The van der Waals surface area contributed by atoms with Crippen molar-refractivity contribution in [3.05, 3.63) is 54.4 Å². The molecule has 0 saturated carbocycles. The van der Waals surface area contributed by atoms with Gasteiger partial charge in [-0.25, -0.2) is 0 Å². The summed E-state index contributed by atoms with van der Waals surface area (Å²) in [5.41, 5.74) is 1.00. The summed E-state index contributed by atoms with van der Waals surface area (Å²) in [4.78, 5) is 19.1. The Labute approximate surface area is 153 Å². The van der Waals surface area contributed by atoms with Crippen LogP contribution in [-0.4, -0.2) is 41.1 Å². The number of methoxy groups -OCH3 is 1. The van der Waals surface area contributed by atoms with Gasteiger partial charge in [0.05, 0.1) is 19.7 Å². The fraction of sp³-hybridized carbons (Fsp3) is 0.429. The van der Waals surface area contributed by atoms with E-state index in [0.717, 1.165) is 42.7 Å². The Morgan fingerprint density at radius 3 is 2.62 bits per heavy atom. The van der Waals surface area contributed by atoms with Crippen LogP contribution in [-0.2, 0) is 11.2 Å². The van der Waals surface area contributed by atoms with Crippen LogP contribution in [0.5, 0.6) is 11.5 Å². The second kappa shape index (κ2) is 7.36. The highest BCUT2D eigenvalue weighted by molar-refractivity contribution is 5.80. The minimum absolute atomic E-state index is 0.164. The van der Waals surface area contributed by atoms with Crippen LogP contribution in [0.25, 0.3) is 0 Å². The fourth-order valence-corrected chi connectivity index (χ4v) is 4.29. The van der Waals surface area contributed by atoms with Gasteiger partial charge >= 0.3 is 0 Å². The molecule has 2 aliphatic heterocycles. The van der Waals surface area contributed by atoms with Gasteiger partial charge in [0.15, 0.2) is 0 Å². The lowest BCUT2D eigenvalue weighted by Gasteiger charge is -2.39. The van der Waals surface area contributed by atoms with E-state index in [2.05, 4.69) is 9.88 Å². The van der Waals surface area contributed by atoms with Crippen molar-refractivity contribution in [2.24, 2.45) is 0 Å². The fourth-order valence-electron chi connectivity index (χ4n) is 4.29. The molecule has 2 bridgehead atoms. The molecule has 3 heterocycles. The molecule has 1 aromatic heterocycles. The number of aromatic nitrogens is 1. The first kappa shape index (κ1) is 16.9. The van der Waals surface area contributed by atoms with Crippen molar-refractivity contribution in [3.63, 3.8) is 0 Å². The van der Waals surface area contributed by atoms with Crippen LogP contribution >= 0.6 is 0 Å². The molecule has 2 atom stereocenters. The van der Waals surface area contributed by atoms with Gasteiger partial charge in [0.2, 0.25) is 5.91 Å². The number of fused-ring (bicyclic) bond motifs is 2. The van der Waals surface area contributed by atoms with Crippen LogP contribution in [0.4, 0.5) is 0 Å². The Morgan fingerprint density at radius 1 is 1.15 bits per heavy atom. The molecule has 5 heteroatoms. The van der Waals surface area contributed by atoms with Crippen molar-refractivity contribution in [3.8, 4) is 11.5 Å². The summed E-state index contributed by atoms with van der Waals surface area (Å²) >= 11 is 0. The number of nitrogens with zero attached hydrogens (tertiary/aromatic N) is 2. The molecule has 5 nitrogen and oxygen atoms in total. The van der Waals surface area contributed by atoms with Crippen LogP contribution < -0.4 is 9.47 Å². The van der Waals surface area contributed by atoms with Gasteiger partial charge in [-0.1, -0.05) is 12.1 Å². The molecule has 136 valence electrons. The Kier molecular flexibility index (Phi) is 4.78. The summed E-state index contributed by atoms with van der Waals surface area (Å²) in [5, 5.41) is 0. The largest absolute Gasteiger partial charge is 0.497 e. The Balaban J connectivity index is 1.40. The zero-order chi connectivity index (χ0) is 17.9. The van der Waals surface area contributed by atoms with E-state index in [1.54, 1.807) is 19.5 Å². The Bertz CT molecular complexity index is 751. The normalized spacial score (nSPS) is 24.3. The number of carbonyl (C=O) groups is 1. The number of carbonyl (C=O) groups excluding carboxylic acids is 1. The summed E-state index contributed by atoms with van der Waals surface area (Å²) in [5.74, 6) is 1.82. The van der Waals surface area contributed by atoms with E-state index < -0.39 is 0 Å². The summed E-state index contributed by atoms with van der Waals surface area (Å²) in [7, 11) is 1.65. The van der Waals surface area contributed by atoms with Crippen LogP contribution in [0.2, 0.25) is 0 Å². The molecule has 0 N–H and O–H groups in total. The zero-order valence-corrected chi connectivity index (χ0v) is 15.0. The summed E-state index contributed by atoms with van der Waals surface area (Å²) in [6.45, 7) is 0. The Hall–Kier alpha value is -2.56. The third kappa shape index (κ3) is 3.52.